The van der Waals surface area contributed by atoms with Gasteiger partial charge < -0.3 is 20.9 Å². The molecule has 2 unspecified atom stereocenters. The minimum atomic E-state index is -1.02. The van der Waals surface area contributed by atoms with Gasteiger partial charge in [-0.05, 0) is 96.1 Å². The highest BCUT2D eigenvalue weighted by Gasteiger charge is 2.19. The van der Waals surface area contributed by atoms with Gasteiger partial charge in [-0.25, -0.2) is 4.79 Å². The lowest BCUT2D eigenvalue weighted by molar-refractivity contribution is -0.147. The first-order chi connectivity index (χ1) is 22.4. The summed E-state index contributed by atoms with van der Waals surface area (Å²) in [6, 6.07) is -0.870. The molecule has 0 aromatic heterocycles. The predicted molar refractivity (Wildman–Crippen MR) is 193 cm³/mol. The summed E-state index contributed by atoms with van der Waals surface area (Å²) in [7, 11) is 0. The van der Waals surface area contributed by atoms with E-state index in [0.717, 1.165) is 70.6 Å². The predicted octanol–water partition coefficient (Wildman–Crippen LogP) is 9.89. The van der Waals surface area contributed by atoms with Gasteiger partial charge in [0.25, 0.3) is 0 Å². The van der Waals surface area contributed by atoms with E-state index in [4.69, 9.17) is 10.5 Å². The van der Waals surface area contributed by atoms with Crippen LogP contribution in [0.4, 0.5) is 0 Å². The fraction of sp³-hybridized carbons (Fsp3) is 0.769. The number of unbranched alkanes of at least 4 members (excludes halogenated alkanes) is 15. The molecule has 0 radical (unpaired) electrons. The second-order valence-electron chi connectivity index (χ2n) is 12.6. The number of rotatable bonds is 33. The molecule has 4 N–H and O–H groups in total. The topological polar surface area (TPSA) is 119 Å². The van der Waals surface area contributed by atoms with E-state index in [0.29, 0.717) is 38.6 Å². The summed E-state index contributed by atoms with van der Waals surface area (Å²) < 4.78 is 5.87. The summed E-state index contributed by atoms with van der Waals surface area (Å²) in [6.45, 7) is 4.85. The van der Waals surface area contributed by atoms with E-state index in [1.54, 1.807) is 0 Å². The molecule has 0 rings (SSSR count). The van der Waals surface area contributed by atoms with E-state index < -0.39 is 12.0 Å². The van der Waals surface area contributed by atoms with Gasteiger partial charge >= 0.3 is 11.9 Å². The van der Waals surface area contributed by atoms with Crippen LogP contribution in [0.25, 0.3) is 0 Å². The fourth-order valence-electron chi connectivity index (χ4n) is 5.27. The Hall–Kier alpha value is -2.41. The Morgan fingerprint density at radius 2 is 1.20 bits per heavy atom. The number of carboxylic acid groups (broad SMARTS) is 1. The summed E-state index contributed by atoms with van der Waals surface area (Å²) in [4.78, 5) is 36.1. The molecule has 2 atom stereocenters. The van der Waals surface area contributed by atoms with Crippen molar-refractivity contribution in [2.24, 2.45) is 5.73 Å². The van der Waals surface area contributed by atoms with Crippen molar-refractivity contribution in [1.29, 1.82) is 0 Å². The van der Waals surface area contributed by atoms with E-state index in [9.17, 15) is 19.5 Å². The highest BCUT2D eigenvalue weighted by atomic mass is 16.5. The van der Waals surface area contributed by atoms with Crippen LogP contribution < -0.4 is 11.1 Å². The van der Waals surface area contributed by atoms with Crippen molar-refractivity contribution in [3.63, 3.8) is 0 Å². The van der Waals surface area contributed by atoms with Crippen molar-refractivity contribution in [2.75, 3.05) is 6.54 Å². The number of nitrogens with one attached hydrogen (secondary N) is 1. The molecule has 0 aliphatic carbocycles. The summed E-state index contributed by atoms with van der Waals surface area (Å²) in [5, 5.41) is 11.9. The van der Waals surface area contributed by atoms with E-state index in [1.807, 2.05) is 0 Å². The van der Waals surface area contributed by atoms with E-state index >= 15 is 0 Å². The molecule has 0 aromatic carbocycles. The van der Waals surface area contributed by atoms with Crippen LogP contribution in [0, 0.1) is 0 Å². The third-order valence-corrected chi connectivity index (χ3v) is 8.16. The third kappa shape index (κ3) is 30.3. The first-order valence-corrected chi connectivity index (χ1v) is 18.8. The van der Waals surface area contributed by atoms with Gasteiger partial charge in [0.2, 0.25) is 5.91 Å². The second kappa shape index (κ2) is 33.9. The monoisotopic (exact) mass is 647 g/mol. The standard InChI is InChI=1S/C39H70N2O5/c1-3-5-7-9-11-12-13-14-15-16-17-18-19-21-27-33-38(43)46-35(29-24-20-10-8-6-4-2)30-25-22-23-26-32-37(42)41-36(39(44)45)31-28-34-40/h11-12,14-15,24,29,35-36H,3-10,13,16-23,25-28,30-34,40H2,1-2H3,(H,41,42)(H,44,45)/b12-11-,15-14-,29-24-. The number of nitrogens with two attached hydrogens (primary N) is 1. The molecule has 0 bridgehead atoms. The summed E-state index contributed by atoms with van der Waals surface area (Å²) in [5.41, 5.74) is 5.46. The summed E-state index contributed by atoms with van der Waals surface area (Å²) >= 11 is 0. The fourth-order valence-corrected chi connectivity index (χ4v) is 5.27. The molecule has 7 nitrogen and oxygen atoms in total. The first kappa shape index (κ1) is 43.6. The van der Waals surface area contributed by atoms with Gasteiger partial charge in [-0.15, -0.1) is 0 Å². The van der Waals surface area contributed by atoms with Gasteiger partial charge in [0.15, 0.2) is 0 Å². The molecule has 1 amide bonds. The van der Waals surface area contributed by atoms with E-state index in [1.165, 1.54) is 57.8 Å². The maximum Gasteiger partial charge on any atom is 0.326 e. The Morgan fingerprint density at radius 3 is 1.85 bits per heavy atom. The van der Waals surface area contributed by atoms with Gasteiger partial charge in [-0.1, -0.05) is 108 Å². The Balaban J connectivity index is 4.25. The van der Waals surface area contributed by atoms with Gasteiger partial charge in [0.05, 0.1) is 0 Å². The summed E-state index contributed by atoms with van der Waals surface area (Å²) in [5.74, 6) is -1.35. The second-order valence-corrected chi connectivity index (χ2v) is 12.6. The first-order valence-electron chi connectivity index (χ1n) is 18.8. The zero-order valence-corrected chi connectivity index (χ0v) is 29.7. The normalized spacial score (nSPS) is 13.1. The van der Waals surface area contributed by atoms with Crippen LogP contribution in [0.2, 0.25) is 0 Å². The van der Waals surface area contributed by atoms with Gasteiger partial charge in [0, 0.05) is 12.8 Å². The molecule has 46 heavy (non-hydrogen) atoms. The van der Waals surface area contributed by atoms with E-state index in [-0.39, 0.29) is 18.0 Å². The highest BCUT2D eigenvalue weighted by molar-refractivity contribution is 5.83. The molecular formula is C39H70N2O5. The number of carbonyl (C=O) groups is 3. The van der Waals surface area contributed by atoms with Crippen molar-refractivity contribution in [2.45, 2.75) is 187 Å². The number of amides is 1. The molecule has 0 aliphatic rings. The maximum absolute atomic E-state index is 12.6. The molecule has 0 saturated heterocycles. The number of ether oxygens (including phenoxy) is 1. The van der Waals surface area contributed by atoms with Crippen molar-refractivity contribution in [3.8, 4) is 0 Å². The lowest BCUT2D eigenvalue weighted by atomic mass is 10.1. The number of carbonyl (C=O) groups excluding carboxylic acids is 2. The molecular weight excluding hydrogens is 576 g/mol. The van der Waals surface area contributed by atoms with Crippen LogP contribution in [0.1, 0.15) is 174 Å². The van der Waals surface area contributed by atoms with Crippen molar-refractivity contribution in [3.05, 3.63) is 36.5 Å². The SMILES string of the molecule is CCCCC/C=C\C/C=C\CCCCCCCC(=O)OC(/C=C\CCCCCC)CCCCCCC(=O)NC(CCCN)C(=O)O. The van der Waals surface area contributed by atoms with Crippen molar-refractivity contribution < 1.29 is 24.2 Å². The molecule has 0 saturated carbocycles. The van der Waals surface area contributed by atoms with Crippen LogP contribution in [0.3, 0.4) is 0 Å². The largest absolute Gasteiger partial charge is 0.480 e. The molecule has 0 heterocycles. The Morgan fingerprint density at radius 1 is 0.652 bits per heavy atom. The summed E-state index contributed by atoms with van der Waals surface area (Å²) in [6.07, 6.45) is 37.7. The van der Waals surface area contributed by atoms with Crippen molar-refractivity contribution >= 4 is 17.8 Å². The minimum Gasteiger partial charge on any atom is -0.480 e. The van der Waals surface area contributed by atoms with Crippen LogP contribution >= 0.6 is 0 Å². The molecule has 0 spiro atoms. The number of hydrogen-bond acceptors (Lipinski definition) is 5. The lowest BCUT2D eigenvalue weighted by Gasteiger charge is -2.15. The third-order valence-electron chi connectivity index (χ3n) is 8.16. The Bertz CT molecular complexity index is 823. The quantitative estimate of drug-likeness (QED) is 0.0371. The number of allylic oxidation sites excluding steroid dienone is 5. The van der Waals surface area contributed by atoms with Crippen LogP contribution in [0.5, 0.6) is 0 Å². The number of esters is 1. The van der Waals surface area contributed by atoms with Crippen molar-refractivity contribution in [1.82, 2.24) is 5.32 Å². The van der Waals surface area contributed by atoms with Gasteiger partial charge in [-0.3, -0.25) is 9.59 Å². The smallest absolute Gasteiger partial charge is 0.326 e. The zero-order valence-electron chi connectivity index (χ0n) is 29.7. The minimum absolute atomic E-state index is 0.106. The molecule has 0 aromatic rings. The molecule has 0 fully saturated rings. The molecule has 266 valence electrons. The van der Waals surface area contributed by atoms with Gasteiger partial charge in [-0.2, -0.15) is 0 Å². The average molecular weight is 647 g/mol. The number of carboxylic acids is 1. The van der Waals surface area contributed by atoms with Gasteiger partial charge in [0.1, 0.15) is 12.1 Å². The van der Waals surface area contributed by atoms with Crippen LogP contribution in [0.15, 0.2) is 36.5 Å². The number of aliphatic carboxylic acids is 1. The highest BCUT2D eigenvalue weighted by Crippen LogP contribution is 2.15. The molecule has 7 heteroatoms. The average Bonchev–Trinajstić information content (AvgIpc) is 3.04. The molecule has 0 aliphatic heterocycles. The van der Waals surface area contributed by atoms with E-state index in [2.05, 4.69) is 55.6 Å². The maximum atomic E-state index is 12.6. The Kier molecular flexibility index (Phi) is 32.2. The lowest BCUT2D eigenvalue weighted by Crippen LogP contribution is -2.40. The number of hydrogen-bond donors (Lipinski definition) is 3. The Labute approximate surface area is 282 Å². The van der Waals surface area contributed by atoms with Crippen LogP contribution in [-0.4, -0.2) is 41.6 Å². The van der Waals surface area contributed by atoms with Crippen LogP contribution in [-0.2, 0) is 19.1 Å². The zero-order chi connectivity index (χ0) is 33.9.